The Labute approximate surface area is 198 Å². The Morgan fingerprint density at radius 1 is 1.18 bits per heavy atom. The lowest BCUT2D eigenvalue weighted by molar-refractivity contribution is -0.129. The van der Waals surface area contributed by atoms with Gasteiger partial charge in [-0.2, -0.15) is 0 Å². The van der Waals surface area contributed by atoms with Gasteiger partial charge in [-0.25, -0.2) is 9.18 Å². The first-order chi connectivity index (χ1) is 16.2. The molecule has 34 heavy (non-hydrogen) atoms. The third kappa shape index (κ3) is 6.55. The summed E-state index contributed by atoms with van der Waals surface area (Å²) in [5.74, 6) is -1.18. The zero-order chi connectivity index (χ0) is 24.7. The Hall–Kier alpha value is -2.97. The molecule has 1 heterocycles. The second kappa shape index (κ2) is 11.4. The molecule has 2 aromatic rings. The highest BCUT2D eigenvalue weighted by atomic mass is 19.1. The quantitative estimate of drug-likeness (QED) is 0.437. The number of hydrogen-bond acceptors (Lipinski definition) is 5. The fraction of sp³-hybridized carbons (Fsp3) is 0.462. The van der Waals surface area contributed by atoms with Crippen LogP contribution in [-0.2, 0) is 9.53 Å². The molecule has 0 aliphatic carbocycles. The average molecular weight is 474 g/mol. The van der Waals surface area contributed by atoms with Crippen molar-refractivity contribution in [2.75, 3.05) is 13.2 Å². The lowest BCUT2D eigenvalue weighted by Crippen LogP contribution is -2.51. The average Bonchev–Trinajstić information content (AvgIpc) is 2.79. The van der Waals surface area contributed by atoms with E-state index in [1.165, 1.54) is 18.2 Å². The Bertz CT molecular complexity index is 995. The molecule has 0 aromatic heterocycles. The molecule has 1 aliphatic rings. The molecule has 0 saturated carbocycles. The fourth-order valence-electron chi connectivity index (χ4n) is 4.25. The molecule has 1 aliphatic heterocycles. The van der Waals surface area contributed by atoms with Crippen molar-refractivity contribution < 1.29 is 33.7 Å². The molecule has 2 aromatic carbocycles. The van der Waals surface area contributed by atoms with Crippen molar-refractivity contribution in [3.05, 3.63) is 65.0 Å². The van der Waals surface area contributed by atoms with Gasteiger partial charge < -0.3 is 25.0 Å². The Morgan fingerprint density at radius 3 is 2.53 bits per heavy atom. The third-order valence-electron chi connectivity index (χ3n) is 5.98. The highest BCUT2D eigenvalue weighted by molar-refractivity contribution is 5.88. The highest BCUT2D eigenvalue weighted by Crippen LogP contribution is 2.46. The number of aromatic carboxylic acids is 1. The molecule has 1 fully saturated rings. The standard InChI is InChI=1S/C26H32FNO6/c1-3-4-13-33-21-10-7-18(25(31)32)14-20(21)23-16-26(2,28-24(30)11-12-29)15-22(34-23)17-5-8-19(27)9-6-17/h5-10,14,22-23,29H,3-4,11-13,15-16H2,1-2H3,(H,28,30)(H,31,32)/t22-,23+,26+/m0/s1. The number of carboxylic acids is 1. The Morgan fingerprint density at radius 2 is 1.88 bits per heavy atom. The maximum absolute atomic E-state index is 13.5. The summed E-state index contributed by atoms with van der Waals surface area (Å²) in [7, 11) is 0. The van der Waals surface area contributed by atoms with Gasteiger partial charge in [0.15, 0.2) is 0 Å². The number of rotatable bonds is 10. The number of carbonyl (C=O) groups excluding carboxylic acids is 1. The molecule has 0 bridgehead atoms. The summed E-state index contributed by atoms with van der Waals surface area (Å²) in [4.78, 5) is 24.0. The molecule has 3 N–H and O–H groups in total. The van der Waals surface area contributed by atoms with Crippen molar-refractivity contribution in [2.24, 2.45) is 0 Å². The number of aliphatic hydroxyl groups excluding tert-OH is 1. The van der Waals surface area contributed by atoms with Gasteiger partial charge in [0.25, 0.3) is 0 Å². The van der Waals surface area contributed by atoms with Crippen LogP contribution in [0.1, 0.15) is 79.6 Å². The van der Waals surface area contributed by atoms with E-state index >= 15 is 0 Å². The molecule has 7 nitrogen and oxygen atoms in total. The largest absolute Gasteiger partial charge is 0.493 e. The maximum atomic E-state index is 13.5. The van der Waals surface area contributed by atoms with Gasteiger partial charge >= 0.3 is 5.97 Å². The van der Waals surface area contributed by atoms with E-state index in [1.54, 1.807) is 24.3 Å². The van der Waals surface area contributed by atoms with Gasteiger partial charge in [0.2, 0.25) is 5.91 Å². The van der Waals surface area contributed by atoms with Gasteiger partial charge in [0.1, 0.15) is 11.6 Å². The molecule has 0 spiro atoms. The molecule has 184 valence electrons. The first-order valence-electron chi connectivity index (χ1n) is 11.6. The van der Waals surface area contributed by atoms with Crippen LogP contribution in [0.25, 0.3) is 0 Å². The van der Waals surface area contributed by atoms with E-state index < -0.39 is 23.7 Å². The van der Waals surface area contributed by atoms with Gasteiger partial charge in [0.05, 0.1) is 31.0 Å². The van der Waals surface area contributed by atoms with Crippen LogP contribution in [0.5, 0.6) is 5.75 Å². The van der Waals surface area contributed by atoms with Crippen molar-refractivity contribution in [1.82, 2.24) is 5.32 Å². The Kier molecular flexibility index (Phi) is 8.63. The minimum atomic E-state index is -1.06. The molecule has 8 heteroatoms. The van der Waals surface area contributed by atoms with Gasteiger partial charge in [-0.15, -0.1) is 0 Å². The van der Waals surface area contributed by atoms with Crippen LogP contribution in [0, 0.1) is 5.82 Å². The van der Waals surface area contributed by atoms with E-state index in [4.69, 9.17) is 14.6 Å². The number of nitrogens with one attached hydrogen (secondary N) is 1. The lowest BCUT2D eigenvalue weighted by atomic mass is 9.81. The first kappa shape index (κ1) is 25.6. The molecule has 1 amide bonds. The zero-order valence-electron chi connectivity index (χ0n) is 19.6. The summed E-state index contributed by atoms with van der Waals surface area (Å²) in [6, 6.07) is 10.7. The van der Waals surface area contributed by atoms with E-state index in [0.717, 1.165) is 18.4 Å². The molecule has 0 unspecified atom stereocenters. The number of ether oxygens (including phenoxy) is 2. The summed E-state index contributed by atoms with van der Waals surface area (Å²) in [6.45, 7) is 4.16. The van der Waals surface area contributed by atoms with Crippen LogP contribution >= 0.6 is 0 Å². The fourth-order valence-corrected chi connectivity index (χ4v) is 4.25. The summed E-state index contributed by atoms with van der Waals surface area (Å²) >= 11 is 0. The summed E-state index contributed by atoms with van der Waals surface area (Å²) in [6.07, 6.45) is 1.51. The molecule has 3 atom stereocenters. The van der Waals surface area contributed by atoms with Crippen LogP contribution in [0.15, 0.2) is 42.5 Å². The van der Waals surface area contributed by atoms with E-state index in [0.29, 0.717) is 30.8 Å². The van der Waals surface area contributed by atoms with Gasteiger partial charge in [-0.1, -0.05) is 25.5 Å². The number of aliphatic hydroxyl groups is 1. The van der Waals surface area contributed by atoms with E-state index in [2.05, 4.69) is 12.2 Å². The summed E-state index contributed by atoms with van der Waals surface area (Å²) in [5.41, 5.74) is 0.729. The number of halogens is 1. The van der Waals surface area contributed by atoms with Crippen LogP contribution in [0.4, 0.5) is 4.39 Å². The van der Waals surface area contributed by atoms with Crippen LogP contribution in [0.3, 0.4) is 0 Å². The molecule has 1 saturated heterocycles. The van der Waals surface area contributed by atoms with Crippen molar-refractivity contribution >= 4 is 11.9 Å². The number of unbranched alkanes of at least 4 members (excludes halogenated alkanes) is 1. The summed E-state index contributed by atoms with van der Waals surface area (Å²) in [5, 5.41) is 21.7. The number of amides is 1. The first-order valence-corrected chi connectivity index (χ1v) is 11.6. The second-order valence-corrected chi connectivity index (χ2v) is 8.92. The number of carboxylic acid groups (broad SMARTS) is 1. The molecule has 0 radical (unpaired) electrons. The van der Waals surface area contributed by atoms with Gasteiger partial charge in [0, 0.05) is 30.4 Å². The molecular formula is C26H32FNO6. The van der Waals surface area contributed by atoms with Crippen LogP contribution in [0.2, 0.25) is 0 Å². The minimum Gasteiger partial charge on any atom is -0.493 e. The minimum absolute atomic E-state index is 0.0256. The van der Waals surface area contributed by atoms with E-state index in [-0.39, 0.29) is 30.3 Å². The summed E-state index contributed by atoms with van der Waals surface area (Å²) < 4.78 is 25.9. The monoisotopic (exact) mass is 473 g/mol. The maximum Gasteiger partial charge on any atom is 0.335 e. The van der Waals surface area contributed by atoms with E-state index in [9.17, 15) is 19.1 Å². The predicted octanol–water partition coefficient (Wildman–Crippen LogP) is 4.55. The number of benzene rings is 2. The SMILES string of the molecule is CCCCOc1ccc(C(=O)O)cc1[C@H]1C[C@](C)(NC(=O)CCO)C[C@@H](c2ccc(F)cc2)O1. The van der Waals surface area contributed by atoms with Gasteiger partial charge in [-0.3, -0.25) is 4.79 Å². The van der Waals surface area contributed by atoms with Gasteiger partial charge in [-0.05, 0) is 49.2 Å². The van der Waals surface area contributed by atoms with Crippen molar-refractivity contribution in [3.63, 3.8) is 0 Å². The Balaban J connectivity index is 2.00. The highest BCUT2D eigenvalue weighted by Gasteiger charge is 2.41. The number of hydrogen-bond donors (Lipinski definition) is 3. The smallest absolute Gasteiger partial charge is 0.335 e. The zero-order valence-corrected chi connectivity index (χ0v) is 19.6. The molecular weight excluding hydrogens is 441 g/mol. The lowest BCUT2D eigenvalue weighted by Gasteiger charge is -2.43. The second-order valence-electron chi connectivity index (χ2n) is 8.92. The van der Waals surface area contributed by atoms with Crippen molar-refractivity contribution in [3.8, 4) is 5.75 Å². The van der Waals surface area contributed by atoms with E-state index in [1.807, 2.05) is 6.92 Å². The number of carbonyl (C=O) groups is 2. The predicted molar refractivity (Wildman–Crippen MR) is 124 cm³/mol. The van der Waals surface area contributed by atoms with Crippen molar-refractivity contribution in [2.45, 2.75) is 63.7 Å². The molecule has 3 rings (SSSR count). The third-order valence-corrected chi connectivity index (χ3v) is 5.98. The van der Waals surface area contributed by atoms with Crippen molar-refractivity contribution in [1.29, 1.82) is 0 Å². The topological polar surface area (TPSA) is 105 Å². The van der Waals surface area contributed by atoms with Crippen LogP contribution < -0.4 is 10.1 Å². The van der Waals surface area contributed by atoms with Crippen LogP contribution in [-0.4, -0.2) is 40.8 Å². The normalized spacial score (nSPS) is 22.2.